The van der Waals surface area contributed by atoms with Crippen LogP contribution in [0.2, 0.25) is 0 Å². The highest BCUT2D eigenvalue weighted by molar-refractivity contribution is 7.98. The smallest absolute Gasteiger partial charge is 0.325 e. The van der Waals surface area contributed by atoms with E-state index >= 15 is 0 Å². The molecule has 1 aromatic rings. The van der Waals surface area contributed by atoms with Crippen LogP contribution in [0.3, 0.4) is 0 Å². The van der Waals surface area contributed by atoms with Crippen LogP contribution in [0.25, 0.3) is 0 Å². The standard InChI is InChI=1S/C19H31N7O6S/c1-10(19(31)32)24-17(29)13(5-6-33-2)25-18(30)14(7-11-8-22-9-23-11)26-16(28)12(20)3-4-15(21)27/h8-10,12-14H,3-7,20H2,1-2H3,(H2,21,27)(H,22,23)(H,24,29)(H,25,30)(H,26,28)(H,31,32). The molecule has 33 heavy (non-hydrogen) atoms. The minimum atomic E-state index is -1.22. The van der Waals surface area contributed by atoms with E-state index in [1.54, 1.807) is 0 Å². The normalized spacial score (nSPS) is 14.4. The van der Waals surface area contributed by atoms with Gasteiger partial charge in [-0.05, 0) is 31.8 Å². The molecule has 0 fully saturated rings. The highest BCUT2D eigenvalue weighted by atomic mass is 32.2. The van der Waals surface area contributed by atoms with Gasteiger partial charge in [-0.15, -0.1) is 0 Å². The first-order valence-corrected chi connectivity index (χ1v) is 11.6. The summed E-state index contributed by atoms with van der Waals surface area (Å²) in [6, 6.07) is -4.34. The number of primary amides is 1. The number of hydrogen-bond donors (Lipinski definition) is 7. The van der Waals surface area contributed by atoms with Crippen molar-refractivity contribution in [2.24, 2.45) is 11.5 Å². The molecule has 0 radical (unpaired) electrons. The fourth-order valence-corrected chi connectivity index (χ4v) is 3.16. The lowest BCUT2D eigenvalue weighted by molar-refractivity contribution is -0.141. The second-order valence-corrected chi connectivity index (χ2v) is 8.35. The summed E-state index contributed by atoms with van der Waals surface area (Å²) in [6.45, 7) is 1.31. The number of carboxylic acid groups (broad SMARTS) is 1. The van der Waals surface area contributed by atoms with Gasteiger partial charge in [0.2, 0.25) is 23.6 Å². The van der Waals surface area contributed by atoms with Gasteiger partial charge in [0.25, 0.3) is 0 Å². The third-order valence-corrected chi connectivity index (χ3v) is 5.27. The lowest BCUT2D eigenvalue weighted by Crippen LogP contribution is -2.57. The second kappa shape index (κ2) is 14.1. The number of carbonyl (C=O) groups excluding carboxylic acids is 4. The summed E-state index contributed by atoms with van der Waals surface area (Å²) < 4.78 is 0. The minimum absolute atomic E-state index is 0.00535. The van der Waals surface area contributed by atoms with Crippen molar-refractivity contribution >= 4 is 41.4 Å². The van der Waals surface area contributed by atoms with Crippen molar-refractivity contribution in [3.8, 4) is 0 Å². The largest absolute Gasteiger partial charge is 0.480 e. The number of thioether (sulfide) groups is 1. The zero-order chi connectivity index (χ0) is 25.0. The van der Waals surface area contributed by atoms with Crippen molar-refractivity contribution in [1.29, 1.82) is 0 Å². The van der Waals surface area contributed by atoms with Crippen LogP contribution in [-0.4, -0.2) is 80.8 Å². The minimum Gasteiger partial charge on any atom is -0.480 e. The molecule has 13 nitrogen and oxygen atoms in total. The van der Waals surface area contributed by atoms with Crippen LogP contribution in [0.5, 0.6) is 0 Å². The fourth-order valence-electron chi connectivity index (χ4n) is 2.69. The maximum Gasteiger partial charge on any atom is 0.325 e. The van der Waals surface area contributed by atoms with Crippen LogP contribution in [0.15, 0.2) is 12.5 Å². The van der Waals surface area contributed by atoms with Crippen molar-refractivity contribution in [3.05, 3.63) is 18.2 Å². The van der Waals surface area contributed by atoms with Gasteiger partial charge >= 0.3 is 5.97 Å². The molecule has 0 spiro atoms. The van der Waals surface area contributed by atoms with Gasteiger partial charge in [-0.2, -0.15) is 11.8 Å². The van der Waals surface area contributed by atoms with Crippen LogP contribution in [-0.2, 0) is 30.4 Å². The van der Waals surface area contributed by atoms with E-state index in [0.29, 0.717) is 11.4 Å². The highest BCUT2D eigenvalue weighted by Crippen LogP contribution is 2.06. The zero-order valence-electron chi connectivity index (χ0n) is 18.5. The van der Waals surface area contributed by atoms with E-state index in [1.165, 1.54) is 31.2 Å². The Labute approximate surface area is 195 Å². The van der Waals surface area contributed by atoms with Gasteiger partial charge in [-0.3, -0.25) is 24.0 Å². The van der Waals surface area contributed by atoms with Crippen LogP contribution in [0.4, 0.5) is 0 Å². The predicted molar refractivity (Wildman–Crippen MR) is 121 cm³/mol. The second-order valence-electron chi connectivity index (χ2n) is 7.36. The van der Waals surface area contributed by atoms with Gasteiger partial charge in [0.15, 0.2) is 0 Å². The molecule has 0 aliphatic rings. The molecule has 0 aliphatic heterocycles. The number of aliphatic carboxylic acids is 1. The summed E-state index contributed by atoms with van der Waals surface area (Å²) in [4.78, 5) is 66.7. The number of aromatic nitrogens is 2. The van der Waals surface area contributed by atoms with Crippen molar-refractivity contribution in [2.75, 3.05) is 12.0 Å². The molecule has 4 atom stereocenters. The Kier molecular flexibility index (Phi) is 11.9. The number of H-pyrrole nitrogens is 1. The maximum atomic E-state index is 13.0. The van der Waals surface area contributed by atoms with Crippen molar-refractivity contribution < 1.29 is 29.1 Å². The number of nitrogens with zero attached hydrogens (tertiary/aromatic N) is 1. The molecule has 9 N–H and O–H groups in total. The Balaban J connectivity index is 2.95. The molecule has 4 amide bonds. The van der Waals surface area contributed by atoms with E-state index in [-0.39, 0.29) is 25.7 Å². The number of imidazole rings is 1. The average molecular weight is 486 g/mol. The van der Waals surface area contributed by atoms with Gasteiger partial charge in [-0.25, -0.2) is 4.98 Å². The van der Waals surface area contributed by atoms with E-state index < -0.39 is 53.8 Å². The molecule has 1 aromatic heterocycles. The molecule has 0 saturated heterocycles. The van der Waals surface area contributed by atoms with E-state index in [4.69, 9.17) is 16.6 Å². The molecule has 14 heteroatoms. The van der Waals surface area contributed by atoms with Gasteiger partial charge in [0.05, 0.1) is 12.4 Å². The number of carbonyl (C=O) groups is 5. The third kappa shape index (κ3) is 10.4. The first-order valence-electron chi connectivity index (χ1n) is 10.2. The zero-order valence-corrected chi connectivity index (χ0v) is 19.3. The van der Waals surface area contributed by atoms with E-state index in [0.717, 1.165) is 0 Å². The molecule has 0 aliphatic carbocycles. The molecular weight excluding hydrogens is 454 g/mol. The summed E-state index contributed by atoms with van der Waals surface area (Å²) in [7, 11) is 0. The van der Waals surface area contributed by atoms with Gasteiger partial charge < -0.3 is 37.5 Å². The molecule has 0 bridgehead atoms. The Morgan fingerprint density at radius 1 is 1.09 bits per heavy atom. The Morgan fingerprint density at radius 2 is 1.73 bits per heavy atom. The molecule has 1 rings (SSSR count). The predicted octanol–water partition coefficient (Wildman–Crippen LogP) is -2.14. The van der Waals surface area contributed by atoms with Crippen LogP contribution >= 0.6 is 11.8 Å². The summed E-state index contributed by atoms with van der Waals surface area (Å²) >= 11 is 1.45. The topological polar surface area (TPSA) is 222 Å². The van der Waals surface area contributed by atoms with Gasteiger partial charge in [0, 0.05) is 24.7 Å². The van der Waals surface area contributed by atoms with Crippen LogP contribution < -0.4 is 27.4 Å². The number of hydrogen-bond acceptors (Lipinski definition) is 8. The Hall–Kier alpha value is -3.13. The molecule has 184 valence electrons. The molecule has 0 saturated carbocycles. The first kappa shape index (κ1) is 27.9. The highest BCUT2D eigenvalue weighted by Gasteiger charge is 2.29. The third-order valence-electron chi connectivity index (χ3n) is 4.62. The maximum absolute atomic E-state index is 13.0. The number of amides is 4. The van der Waals surface area contributed by atoms with E-state index in [9.17, 15) is 24.0 Å². The summed E-state index contributed by atoms with van der Waals surface area (Å²) in [6.07, 6.45) is 4.90. The van der Waals surface area contributed by atoms with Gasteiger partial charge in [0.1, 0.15) is 18.1 Å². The van der Waals surface area contributed by atoms with Crippen molar-refractivity contribution in [2.45, 2.75) is 56.8 Å². The fraction of sp³-hybridized carbons (Fsp3) is 0.579. The first-order chi connectivity index (χ1) is 15.5. The molecular formula is C19H31N7O6S. The number of nitrogens with one attached hydrogen (secondary N) is 4. The van der Waals surface area contributed by atoms with Gasteiger partial charge in [-0.1, -0.05) is 0 Å². The average Bonchev–Trinajstić information content (AvgIpc) is 3.26. The molecule has 4 unspecified atom stereocenters. The quantitative estimate of drug-likeness (QED) is 0.144. The van der Waals surface area contributed by atoms with Crippen molar-refractivity contribution in [1.82, 2.24) is 25.9 Å². The SMILES string of the molecule is CSCCC(NC(=O)C(Cc1cnc[nH]1)NC(=O)C(N)CCC(N)=O)C(=O)NC(C)C(=O)O. The van der Waals surface area contributed by atoms with Crippen LogP contribution in [0, 0.1) is 0 Å². The van der Waals surface area contributed by atoms with E-state index in [2.05, 4.69) is 25.9 Å². The summed E-state index contributed by atoms with van der Waals surface area (Å²) in [5.41, 5.74) is 11.4. The van der Waals surface area contributed by atoms with Crippen molar-refractivity contribution in [3.63, 3.8) is 0 Å². The Morgan fingerprint density at radius 3 is 2.27 bits per heavy atom. The van der Waals surface area contributed by atoms with Crippen LogP contribution in [0.1, 0.15) is 31.9 Å². The number of aromatic amines is 1. The lowest BCUT2D eigenvalue weighted by Gasteiger charge is -2.24. The summed E-state index contributed by atoms with van der Waals surface area (Å²) in [5, 5.41) is 16.5. The monoisotopic (exact) mass is 485 g/mol. The molecule has 1 heterocycles. The number of carboxylic acids is 1. The lowest BCUT2D eigenvalue weighted by atomic mass is 10.1. The number of nitrogens with two attached hydrogens (primary N) is 2. The number of rotatable bonds is 15. The molecule has 0 aromatic carbocycles. The Bertz CT molecular complexity index is 820. The summed E-state index contributed by atoms with van der Waals surface area (Å²) in [5.74, 6) is -3.28. The van der Waals surface area contributed by atoms with E-state index in [1.807, 2.05) is 6.26 Å².